The summed E-state index contributed by atoms with van der Waals surface area (Å²) in [6.45, 7) is 0.675. The Morgan fingerprint density at radius 2 is 1.69 bits per heavy atom. The lowest BCUT2D eigenvalue weighted by molar-refractivity contribution is 0.402. The molecular formula is C9H17NO2S. The van der Waals surface area contributed by atoms with Crippen molar-refractivity contribution in [3.8, 4) is 0 Å². The van der Waals surface area contributed by atoms with Crippen LogP contribution in [0.15, 0.2) is 0 Å². The van der Waals surface area contributed by atoms with Crippen LogP contribution < -0.4 is 4.72 Å². The molecule has 0 amide bonds. The van der Waals surface area contributed by atoms with Crippen molar-refractivity contribution in [1.82, 2.24) is 4.72 Å². The first kappa shape index (κ1) is 9.46. The monoisotopic (exact) mass is 203 g/mol. The van der Waals surface area contributed by atoms with E-state index in [1.807, 2.05) is 0 Å². The molecule has 2 fully saturated rings. The van der Waals surface area contributed by atoms with Gasteiger partial charge in [-0.05, 0) is 43.4 Å². The van der Waals surface area contributed by atoms with Gasteiger partial charge in [0.15, 0.2) is 0 Å². The molecular weight excluding hydrogens is 186 g/mol. The Bertz CT molecular complexity index is 266. The van der Waals surface area contributed by atoms with Gasteiger partial charge in [0.2, 0.25) is 10.0 Å². The van der Waals surface area contributed by atoms with Crippen LogP contribution in [0, 0.1) is 17.8 Å². The van der Waals surface area contributed by atoms with Crippen molar-refractivity contribution in [2.45, 2.75) is 25.7 Å². The second-order valence-corrected chi connectivity index (χ2v) is 6.29. The minimum atomic E-state index is -2.98. The summed E-state index contributed by atoms with van der Waals surface area (Å²) in [7, 11) is -2.98. The average Bonchev–Trinajstić information content (AvgIpc) is 2.80. The Balaban J connectivity index is 1.83. The van der Waals surface area contributed by atoms with Crippen LogP contribution in [-0.2, 0) is 10.0 Å². The van der Waals surface area contributed by atoms with E-state index in [9.17, 15) is 8.42 Å². The fourth-order valence-electron chi connectivity index (χ4n) is 2.01. The first-order valence-electron chi connectivity index (χ1n) is 5.01. The maximum Gasteiger partial charge on any atom is 0.208 e. The first-order valence-corrected chi connectivity index (χ1v) is 6.90. The first-order chi connectivity index (χ1) is 6.06. The number of nitrogens with one attached hydrogen (secondary N) is 1. The molecule has 1 N–H and O–H groups in total. The van der Waals surface area contributed by atoms with Crippen LogP contribution in [0.1, 0.15) is 25.7 Å². The van der Waals surface area contributed by atoms with E-state index in [1.165, 1.54) is 31.9 Å². The molecule has 0 aromatic heterocycles. The van der Waals surface area contributed by atoms with Gasteiger partial charge >= 0.3 is 0 Å². The Morgan fingerprint density at radius 3 is 2.00 bits per heavy atom. The quantitative estimate of drug-likeness (QED) is 0.723. The third kappa shape index (κ3) is 2.95. The zero-order valence-electron chi connectivity index (χ0n) is 7.99. The summed E-state index contributed by atoms with van der Waals surface area (Å²) in [4.78, 5) is 0. The second kappa shape index (κ2) is 3.24. The normalized spacial score (nSPS) is 23.8. The van der Waals surface area contributed by atoms with E-state index >= 15 is 0 Å². The third-order valence-corrected chi connectivity index (χ3v) is 3.73. The molecule has 13 heavy (non-hydrogen) atoms. The molecule has 0 radical (unpaired) electrons. The van der Waals surface area contributed by atoms with Crippen LogP contribution in [0.25, 0.3) is 0 Å². The van der Waals surface area contributed by atoms with Gasteiger partial charge in [-0.1, -0.05) is 0 Å². The highest BCUT2D eigenvalue weighted by Crippen LogP contribution is 2.48. The Labute approximate surface area is 80.0 Å². The van der Waals surface area contributed by atoms with E-state index in [2.05, 4.69) is 4.72 Å². The molecule has 0 heterocycles. The van der Waals surface area contributed by atoms with Crippen LogP contribution in [0.4, 0.5) is 0 Å². The summed E-state index contributed by atoms with van der Waals surface area (Å²) in [6.07, 6.45) is 6.49. The summed E-state index contributed by atoms with van der Waals surface area (Å²) in [6, 6.07) is 0. The minimum absolute atomic E-state index is 0.634. The highest BCUT2D eigenvalue weighted by atomic mass is 32.2. The number of hydrogen-bond donors (Lipinski definition) is 1. The summed E-state index contributed by atoms with van der Waals surface area (Å²) >= 11 is 0. The third-order valence-electron chi connectivity index (χ3n) is 3.04. The van der Waals surface area contributed by atoms with Crippen molar-refractivity contribution >= 4 is 10.0 Å². The smallest absolute Gasteiger partial charge is 0.208 e. The molecule has 0 bridgehead atoms. The molecule has 0 aromatic rings. The molecule has 3 nitrogen and oxygen atoms in total. The average molecular weight is 203 g/mol. The van der Waals surface area contributed by atoms with Crippen LogP contribution >= 0.6 is 0 Å². The van der Waals surface area contributed by atoms with Gasteiger partial charge in [-0.25, -0.2) is 13.1 Å². The summed E-state index contributed by atoms with van der Waals surface area (Å²) in [5.74, 6) is 2.28. The van der Waals surface area contributed by atoms with Gasteiger partial charge in [-0.15, -0.1) is 0 Å². The van der Waals surface area contributed by atoms with Crippen LogP contribution in [0.5, 0.6) is 0 Å². The second-order valence-electron chi connectivity index (χ2n) is 4.46. The molecule has 2 rings (SSSR count). The molecule has 2 aliphatic carbocycles. The van der Waals surface area contributed by atoms with Gasteiger partial charge in [0.25, 0.3) is 0 Å². The Hall–Kier alpha value is -0.0900. The molecule has 0 saturated heterocycles. The predicted octanol–water partition coefficient (Wildman–Crippen LogP) is 0.972. The molecule has 76 valence electrons. The Morgan fingerprint density at radius 1 is 1.23 bits per heavy atom. The number of hydrogen-bond acceptors (Lipinski definition) is 2. The summed E-state index contributed by atoms with van der Waals surface area (Å²) < 4.78 is 24.5. The maximum absolute atomic E-state index is 10.9. The van der Waals surface area contributed by atoms with Crippen molar-refractivity contribution < 1.29 is 8.42 Å². The minimum Gasteiger partial charge on any atom is -0.215 e. The molecule has 0 aromatic carbocycles. The largest absolute Gasteiger partial charge is 0.215 e. The van der Waals surface area contributed by atoms with Gasteiger partial charge in [0.1, 0.15) is 0 Å². The zero-order valence-corrected chi connectivity index (χ0v) is 8.81. The van der Waals surface area contributed by atoms with Gasteiger partial charge < -0.3 is 0 Å². The SMILES string of the molecule is CS(=O)(=O)NCC(C1CC1)C1CC1. The highest BCUT2D eigenvalue weighted by molar-refractivity contribution is 7.88. The van der Waals surface area contributed by atoms with Crippen LogP contribution in [-0.4, -0.2) is 21.2 Å². The molecule has 0 atom stereocenters. The lowest BCUT2D eigenvalue weighted by atomic mass is 9.99. The Kier molecular flexibility index (Phi) is 2.36. The number of sulfonamides is 1. The van der Waals surface area contributed by atoms with E-state index in [4.69, 9.17) is 0 Å². The van der Waals surface area contributed by atoms with E-state index in [-0.39, 0.29) is 0 Å². The molecule has 2 saturated carbocycles. The van der Waals surface area contributed by atoms with Gasteiger partial charge in [-0.2, -0.15) is 0 Å². The van der Waals surface area contributed by atoms with E-state index in [0.717, 1.165) is 11.8 Å². The molecule has 0 unspecified atom stereocenters. The molecule has 0 spiro atoms. The van der Waals surface area contributed by atoms with Crippen molar-refractivity contribution in [1.29, 1.82) is 0 Å². The van der Waals surface area contributed by atoms with Crippen molar-refractivity contribution in [3.63, 3.8) is 0 Å². The van der Waals surface area contributed by atoms with E-state index in [0.29, 0.717) is 12.5 Å². The van der Waals surface area contributed by atoms with E-state index < -0.39 is 10.0 Å². The maximum atomic E-state index is 10.9. The van der Waals surface area contributed by atoms with Crippen LogP contribution in [0.2, 0.25) is 0 Å². The van der Waals surface area contributed by atoms with Gasteiger partial charge in [0.05, 0.1) is 6.26 Å². The van der Waals surface area contributed by atoms with E-state index in [1.54, 1.807) is 0 Å². The fourth-order valence-corrected chi connectivity index (χ4v) is 2.51. The topological polar surface area (TPSA) is 46.2 Å². The van der Waals surface area contributed by atoms with Crippen LogP contribution in [0.3, 0.4) is 0 Å². The predicted molar refractivity (Wildman–Crippen MR) is 51.8 cm³/mol. The molecule has 4 heteroatoms. The molecule has 0 aliphatic heterocycles. The molecule has 2 aliphatic rings. The lowest BCUT2D eigenvalue weighted by Gasteiger charge is -2.14. The van der Waals surface area contributed by atoms with Crippen molar-refractivity contribution in [2.24, 2.45) is 17.8 Å². The fraction of sp³-hybridized carbons (Fsp3) is 1.00. The highest BCUT2D eigenvalue weighted by Gasteiger charge is 2.41. The summed E-state index contributed by atoms with van der Waals surface area (Å²) in [5.41, 5.74) is 0. The zero-order chi connectivity index (χ0) is 9.47. The van der Waals surface area contributed by atoms with Crippen molar-refractivity contribution in [3.05, 3.63) is 0 Å². The number of rotatable bonds is 5. The van der Waals surface area contributed by atoms with Gasteiger partial charge in [-0.3, -0.25) is 0 Å². The summed E-state index contributed by atoms with van der Waals surface area (Å²) in [5, 5.41) is 0. The van der Waals surface area contributed by atoms with Gasteiger partial charge in [0, 0.05) is 6.54 Å². The standard InChI is InChI=1S/C9H17NO2S/c1-13(11,12)10-6-9(7-2-3-7)8-4-5-8/h7-10H,2-6H2,1H3. The lowest BCUT2D eigenvalue weighted by Crippen LogP contribution is -2.30. The van der Waals surface area contributed by atoms with Crippen molar-refractivity contribution in [2.75, 3.05) is 12.8 Å².